The molecule has 19 heavy (non-hydrogen) atoms. The van der Waals surface area contributed by atoms with Crippen molar-refractivity contribution in [3.63, 3.8) is 0 Å². The maximum atomic E-state index is 12.2. The first-order valence-corrected chi connectivity index (χ1v) is 8.62. The van der Waals surface area contributed by atoms with Crippen LogP contribution in [0, 0.1) is 0 Å². The molecule has 1 atom stereocenters. The monoisotopic (exact) mass is 368 g/mol. The van der Waals surface area contributed by atoms with Crippen molar-refractivity contribution in [3.8, 4) is 0 Å². The van der Waals surface area contributed by atoms with Crippen LogP contribution in [-0.4, -0.2) is 50.6 Å². The lowest BCUT2D eigenvalue weighted by Crippen LogP contribution is -2.36. The fourth-order valence-corrected chi connectivity index (χ4v) is 5.62. The highest BCUT2D eigenvalue weighted by Crippen LogP contribution is 2.32. The Morgan fingerprint density at radius 3 is 2.79 bits per heavy atom. The number of sulfonamides is 1. The summed E-state index contributed by atoms with van der Waals surface area (Å²) in [5, 5.41) is 8.87. The number of carbonyl (C=O) groups is 1. The predicted octanol–water partition coefficient (Wildman–Crippen LogP) is 1.19. The molecule has 2 N–H and O–H groups in total. The summed E-state index contributed by atoms with van der Waals surface area (Å²) in [6, 6.07) is 1.05. The number of hydrogen-bond acceptors (Lipinski definition) is 5. The number of likely N-dealkylation sites (tertiary alicyclic amines) is 1. The molecule has 0 bridgehead atoms. The summed E-state index contributed by atoms with van der Waals surface area (Å²) in [6.45, 7) is 1.51. The lowest BCUT2D eigenvalue weighted by atomic mass is 10.3. The lowest BCUT2D eigenvalue weighted by Gasteiger charge is -2.12. The number of carboxylic acids is 1. The molecular weight excluding hydrogens is 356 g/mol. The fourth-order valence-electron chi connectivity index (χ4n) is 1.95. The minimum Gasteiger partial charge on any atom is -0.477 e. The Labute approximate surface area is 123 Å². The van der Waals surface area contributed by atoms with Gasteiger partial charge in [0.05, 0.1) is 3.79 Å². The Hall–Kier alpha value is -0.480. The molecule has 1 fully saturated rings. The average molecular weight is 369 g/mol. The van der Waals surface area contributed by atoms with Gasteiger partial charge in [0, 0.05) is 12.6 Å². The number of carboxylic acid groups (broad SMARTS) is 1. The van der Waals surface area contributed by atoms with Gasteiger partial charge in [-0.1, -0.05) is 0 Å². The number of aromatic carboxylic acids is 1. The SMILES string of the molecule is CN1CCC(NS(=O)(=O)c2cc(C(=O)O)sc2Br)C1. The Bertz CT molecular complexity index is 599. The first kappa shape index (κ1) is 14.9. The Balaban J connectivity index is 2.22. The molecule has 0 radical (unpaired) electrons. The highest BCUT2D eigenvalue weighted by molar-refractivity contribution is 9.11. The van der Waals surface area contributed by atoms with Gasteiger partial charge < -0.3 is 10.0 Å². The van der Waals surface area contributed by atoms with E-state index in [1.165, 1.54) is 6.07 Å². The Morgan fingerprint density at radius 2 is 2.32 bits per heavy atom. The molecule has 1 aliphatic heterocycles. The van der Waals surface area contributed by atoms with Crippen LogP contribution in [0.5, 0.6) is 0 Å². The van der Waals surface area contributed by atoms with Crippen LogP contribution in [0.25, 0.3) is 0 Å². The highest BCUT2D eigenvalue weighted by Gasteiger charge is 2.28. The van der Waals surface area contributed by atoms with Crippen molar-refractivity contribution in [3.05, 3.63) is 14.7 Å². The van der Waals surface area contributed by atoms with E-state index in [0.717, 1.165) is 24.3 Å². The topological polar surface area (TPSA) is 86.7 Å². The smallest absolute Gasteiger partial charge is 0.345 e. The second-order valence-electron chi connectivity index (χ2n) is 4.42. The van der Waals surface area contributed by atoms with Crippen molar-refractivity contribution in [2.45, 2.75) is 17.4 Å². The summed E-state index contributed by atoms with van der Waals surface area (Å²) >= 11 is 4.00. The molecular formula is C10H13BrN2O4S2. The van der Waals surface area contributed by atoms with Crippen LogP contribution in [0.15, 0.2) is 14.7 Å². The standard InChI is InChI=1S/C10H13BrN2O4S2/c1-13-3-2-6(5-13)12-19(16,17)8-4-7(10(14)15)18-9(8)11/h4,6,12H,2-3,5H2,1H3,(H,14,15). The summed E-state index contributed by atoms with van der Waals surface area (Å²) in [6.07, 6.45) is 0.753. The zero-order valence-electron chi connectivity index (χ0n) is 10.1. The second-order valence-corrected chi connectivity index (χ2v) is 8.48. The molecule has 0 amide bonds. The maximum absolute atomic E-state index is 12.2. The van der Waals surface area contributed by atoms with Gasteiger partial charge in [0.25, 0.3) is 0 Å². The number of nitrogens with zero attached hydrogens (tertiary/aromatic N) is 1. The van der Waals surface area contributed by atoms with E-state index in [1.54, 1.807) is 0 Å². The summed E-state index contributed by atoms with van der Waals surface area (Å²) in [5.41, 5.74) is 0. The van der Waals surface area contributed by atoms with Crippen LogP contribution < -0.4 is 4.72 Å². The van der Waals surface area contributed by atoms with Crippen LogP contribution in [0.2, 0.25) is 0 Å². The number of nitrogens with one attached hydrogen (secondary N) is 1. The van der Waals surface area contributed by atoms with E-state index in [0.29, 0.717) is 10.3 Å². The number of thiophene rings is 1. The quantitative estimate of drug-likeness (QED) is 0.833. The van der Waals surface area contributed by atoms with Gasteiger partial charge in [0.1, 0.15) is 9.77 Å². The van der Waals surface area contributed by atoms with E-state index < -0.39 is 16.0 Å². The highest BCUT2D eigenvalue weighted by atomic mass is 79.9. The summed E-state index contributed by atoms with van der Waals surface area (Å²) in [5.74, 6) is -1.13. The van der Waals surface area contributed by atoms with Crippen molar-refractivity contribution in [1.82, 2.24) is 9.62 Å². The molecule has 0 saturated carbocycles. The van der Waals surface area contributed by atoms with Crippen LogP contribution >= 0.6 is 27.3 Å². The predicted molar refractivity (Wildman–Crippen MR) is 75.2 cm³/mol. The van der Waals surface area contributed by atoms with Gasteiger partial charge in [-0.25, -0.2) is 17.9 Å². The minimum atomic E-state index is -3.69. The van der Waals surface area contributed by atoms with Gasteiger partial charge in [-0.15, -0.1) is 11.3 Å². The number of rotatable bonds is 4. The molecule has 0 spiro atoms. The molecule has 9 heteroatoms. The second kappa shape index (κ2) is 5.49. The Morgan fingerprint density at radius 1 is 1.63 bits per heavy atom. The molecule has 1 aliphatic rings. The summed E-state index contributed by atoms with van der Waals surface area (Å²) in [4.78, 5) is 12.9. The minimum absolute atomic E-state index is 0.00390. The van der Waals surface area contributed by atoms with Crippen molar-refractivity contribution in [2.24, 2.45) is 0 Å². The van der Waals surface area contributed by atoms with E-state index in [4.69, 9.17) is 5.11 Å². The van der Waals surface area contributed by atoms with Gasteiger partial charge in [-0.3, -0.25) is 0 Å². The van der Waals surface area contributed by atoms with E-state index in [1.807, 2.05) is 11.9 Å². The molecule has 1 aromatic rings. The van der Waals surface area contributed by atoms with Crippen LogP contribution in [0.3, 0.4) is 0 Å². The first-order chi connectivity index (χ1) is 8.79. The third-order valence-electron chi connectivity index (χ3n) is 2.87. The Kier molecular flexibility index (Phi) is 4.31. The molecule has 2 heterocycles. The van der Waals surface area contributed by atoms with Crippen LogP contribution in [0.4, 0.5) is 0 Å². The lowest BCUT2D eigenvalue weighted by molar-refractivity contribution is 0.0702. The van der Waals surface area contributed by atoms with Gasteiger partial charge in [-0.05, 0) is 42.0 Å². The number of likely N-dealkylation sites (N-methyl/N-ethyl adjacent to an activating group) is 1. The third kappa shape index (κ3) is 3.34. The van der Waals surface area contributed by atoms with Crippen molar-refractivity contribution in [2.75, 3.05) is 20.1 Å². The summed E-state index contributed by atoms with van der Waals surface area (Å²) in [7, 11) is -1.76. The van der Waals surface area contributed by atoms with E-state index in [-0.39, 0.29) is 15.8 Å². The van der Waals surface area contributed by atoms with Crippen LogP contribution in [0.1, 0.15) is 16.1 Å². The molecule has 2 rings (SSSR count). The van der Waals surface area contributed by atoms with Crippen molar-refractivity contribution >= 4 is 43.3 Å². The first-order valence-electron chi connectivity index (χ1n) is 5.53. The molecule has 1 aromatic heterocycles. The van der Waals surface area contributed by atoms with Crippen LogP contribution in [-0.2, 0) is 10.0 Å². The zero-order valence-corrected chi connectivity index (χ0v) is 13.3. The van der Waals surface area contributed by atoms with Gasteiger partial charge >= 0.3 is 5.97 Å². The molecule has 0 aliphatic carbocycles. The number of halogens is 1. The average Bonchev–Trinajstić information content (AvgIpc) is 2.85. The maximum Gasteiger partial charge on any atom is 0.345 e. The third-order valence-corrected chi connectivity index (χ3v) is 6.63. The van der Waals surface area contributed by atoms with Crippen molar-refractivity contribution < 1.29 is 18.3 Å². The molecule has 6 nitrogen and oxygen atoms in total. The van der Waals surface area contributed by atoms with E-state index >= 15 is 0 Å². The van der Waals surface area contributed by atoms with Gasteiger partial charge in [-0.2, -0.15) is 0 Å². The molecule has 106 valence electrons. The van der Waals surface area contributed by atoms with E-state index in [9.17, 15) is 13.2 Å². The molecule has 1 saturated heterocycles. The van der Waals surface area contributed by atoms with Gasteiger partial charge in [0.15, 0.2) is 0 Å². The normalized spacial score (nSPS) is 20.8. The van der Waals surface area contributed by atoms with Crippen molar-refractivity contribution in [1.29, 1.82) is 0 Å². The largest absolute Gasteiger partial charge is 0.477 e. The molecule has 1 unspecified atom stereocenters. The molecule has 0 aromatic carbocycles. The van der Waals surface area contributed by atoms with E-state index in [2.05, 4.69) is 20.7 Å². The number of hydrogen-bond donors (Lipinski definition) is 2. The van der Waals surface area contributed by atoms with Gasteiger partial charge in [0.2, 0.25) is 10.0 Å². The summed E-state index contributed by atoms with van der Waals surface area (Å²) < 4.78 is 27.3. The zero-order chi connectivity index (χ0) is 14.2. The fraction of sp³-hybridized carbons (Fsp3) is 0.500.